The minimum atomic E-state index is -4.40. The van der Waals surface area contributed by atoms with E-state index in [0.29, 0.717) is 12.8 Å². The molecular weight excluding hydrogens is 942 g/mol. The molecule has 0 aromatic heterocycles. The van der Waals surface area contributed by atoms with E-state index in [1.54, 1.807) is 0 Å². The van der Waals surface area contributed by atoms with Crippen molar-refractivity contribution in [1.82, 2.24) is 0 Å². The first kappa shape index (κ1) is 69.6. The molecule has 0 radical (unpaired) electrons. The first-order chi connectivity index (χ1) is 36.3. The summed E-state index contributed by atoms with van der Waals surface area (Å²) < 4.78 is 32.9. The van der Waals surface area contributed by atoms with Crippen LogP contribution in [0.15, 0.2) is 158 Å². The number of ether oxygens (including phenoxy) is 2. The highest BCUT2D eigenvalue weighted by molar-refractivity contribution is 7.47. The van der Waals surface area contributed by atoms with Gasteiger partial charge in [-0.2, -0.15) is 0 Å². The monoisotopic (exact) mass is 1040 g/mol. The number of carbonyl (C=O) groups excluding carboxylic acids is 2. The number of allylic oxidation sites excluding steroid dienone is 26. The number of hydrogen-bond acceptors (Lipinski definition) is 8. The van der Waals surface area contributed by atoms with Crippen molar-refractivity contribution in [2.24, 2.45) is 5.73 Å². The van der Waals surface area contributed by atoms with E-state index in [1.165, 1.54) is 12.8 Å². The molecule has 2 atom stereocenters. The molecule has 0 aromatic carbocycles. The molecule has 0 aliphatic rings. The molecule has 0 bridgehead atoms. The molecule has 0 saturated heterocycles. The van der Waals surface area contributed by atoms with Gasteiger partial charge in [0.15, 0.2) is 6.10 Å². The standard InChI is InChI=1S/C64H102NO8P/c1-3-5-7-9-11-13-15-17-19-20-21-22-23-24-25-26-27-28-29-30-31-32-33-34-35-36-37-38-39-40-41-42-43-45-47-49-51-53-55-57-64(67)73-62(61-72-74(68,69)71-59-58-65)60-70-63(66)56-54-52-50-48-46-44-18-16-14-12-10-8-6-4-2/h5,7,10-13,16-19,21-22,24-25,27-28,30-31,33-34,36-37,39-40,42-43,62H,3-4,6,8-9,14-15,20,23,26,29,32,35,38,41,44-61,65H2,1-2H3,(H,68,69)/b7-5-,12-10-,13-11-,18-16-,19-17-,22-21-,25-24-,28-27-,31-30-,34-33-,37-36-,40-39-,43-42-. The van der Waals surface area contributed by atoms with E-state index in [2.05, 4.69) is 172 Å². The third-order valence-corrected chi connectivity index (χ3v) is 12.1. The molecule has 416 valence electrons. The van der Waals surface area contributed by atoms with E-state index in [0.717, 1.165) is 148 Å². The number of rotatable bonds is 51. The first-order valence-corrected chi connectivity index (χ1v) is 30.0. The summed E-state index contributed by atoms with van der Waals surface area (Å²) in [5.41, 5.74) is 5.37. The number of carbonyl (C=O) groups is 2. The predicted octanol–water partition coefficient (Wildman–Crippen LogP) is 18.1. The molecule has 10 heteroatoms. The number of phosphoric ester groups is 1. The summed E-state index contributed by atoms with van der Waals surface area (Å²) in [7, 11) is -4.40. The lowest BCUT2D eigenvalue weighted by molar-refractivity contribution is -0.161. The van der Waals surface area contributed by atoms with Gasteiger partial charge in [-0.1, -0.05) is 223 Å². The van der Waals surface area contributed by atoms with Crippen molar-refractivity contribution in [2.45, 2.75) is 206 Å². The maximum absolute atomic E-state index is 12.7. The maximum atomic E-state index is 12.7. The molecule has 9 nitrogen and oxygen atoms in total. The first-order valence-electron chi connectivity index (χ1n) is 28.5. The minimum absolute atomic E-state index is 0.0394. The molecule has 0 rings (SSSR count). The third kappa shape index (κ3) is 56.9. The van der Waals surface area contributed by atoms with Gasteiger partial charge in [-0.25, -0.2) is 4.57 Å². The average molecular weight is 1040 g/mol. The van der Waals surface area contributed by atoms with Crippen molar-refractivity contribution >= 4 is 19.8 Å². The van der Waals surface area contributed by atoms with Crippen molar-refractivity contribution in [2.75, 3.05) is 26.4 Å². The zero-order valence-corrected chi connectivity index (χ0v) is 47.1. The van der Waals surface area contributed by atoms with Gasteiger partial charge in [-0.3, -0.25) is 18.6 Å². The van der Waals surface area contributed by atoms with Crippen molar-refractivity contribution in [3.05, 3.63) is 158 Å². The zero-order valence-electron chi connectivity index (χ0n) is 46.3. The SMILES string of the molecule is CC/C=C\C/C=C\C/C=C\C/C=C\C/C=C\C/C=C\C/C=C\C/C=C\C/C=C\C/C=C\C/C=C\CCCCCCCC(=O)OC(COC(=O)CCCCCCC/C=C\C/C=C\CCCC)COP(=O)(O)OCCN. The largest absolute Gasteiger partial charge is 0.472 e. The van der Waals surface area contributed by atoms with E-state index in [1.807, 2.05) is 0 Å². The number of phosphoric acid groups is 1. The van der Waals surface area contributed by atoms with Gasteiger partial charge in [0.05, 0.1) is 13.2 Å². The third-order valence-electron chi connectivity index (χ3n) is 11.1. The van der Waals surface area contributed by atoms with E-state index in [9.17, 15) is 19.0 Å². The van der Waals surface area contributed by atoms with Crippen LogP contribution in [-0.4, -0.2) is 49.3 Å². The smallest absolute Gasteiger partial charge is 0.462 e. The summed E-state index contributed by atoms with van der Waals surface area (Å²) in [4.78, 5) is 35.1. The van der Waals surface area contributed by atoms with Gasteiger partial charge in [0.2, 0.25) is 0 Å². The molecule has 0 fully saturated rings. The second-order valence-electron chi connectivity index (χ2n) is 18.1. The molecule has 3 N–H and O–H groups in total. The van der Waals surface area contributed by atoms with Crippen LogP contribution in [0.4, 0.5) is 0 Å². The fourth-order valence-corrected chi connectivity index (χ4v) is 7.71. The van der Waals surface area contributed by atoms with Crippen LogP contribution in [-0.2, 0) is 32.7 Å². The summed E-state index contributed by atoms with van der Waals surface area (Å²) in [6, 6.07) is 0. The fraction of sp³-hybridized carbons (Fsp3) is 0.562. The highest BCUT2D eigenvalue weighted by Crippen LogP contribution is 2.43. The Labute approximate surface area is 451 Å². The summed E-state index contributed by atoms with van der Waals surface area (Å²) in [6.45, 7) is 3.51. The Hall–Kier alpha value is -4.37. The van der Waals surface area contributed by atoms with E-state index < -0.39 is 32.5 Å². The molecule has 0 aromatic rings. The molecule has 74 heavy (non-hydrogen) atoms. The molecule has 0 heterocycles. The molecule has 2 unspecified atom stereocenters. The van der Waals surface area contributed by atoms with Crippen LogP contribution in [0.25, 0.3) is 0 Å². The van der Waals surface area contributed by atoms with E-state index >= 15 is 0 Å². The number of nitrogens with two attached hydrogens (primary N) is 1. The molecule has 0 aliphatic carbocycles. The van der Waals surface area contributed by atoms with Crippen molar-refractivity contribution < 1.29 is 37.6 Å². The maximum Gasteiger partial charge on any atom is 0.472 e. The quantitative estimate of drug-likeness (QED) is 0.0264. The highest BCUT2D eigenvalue weighted by Gasteiger charge is 2.26. The van der Waals surface area contributed by atoms with Crippen LogP contribution in [0.1, 0.15) is 200 Å². The Bertz CT molecular complexity index is 1760. The molecule has 0 saturated carbocycles. The predicted molar refractivity (Wildman–Crippen MR) is 316 cm³/mol. The minimum Gasteiger partial charge on any atom is -0.462 e. The fourth-order valence-electron chi connectivity index (χ4n) is 6.95. The van der Waals surface area contributed by atoms with Crippen molar-refractivity contribution in [1.29, 1.82) is 0 Å². The number of esters is 2. The molecule has 0 aliphatic heterocycles. The van der Waals surface area contributed by atoms with Gasteiger partial charge in [0.1, 0.15) is 6.61 Å². The lowest BCUT2D eigenvalue weighted by atomic mass is 10.1. The Morgan fingerprint density at radius 1 is 0.419 bits per heavy atom. The van der Waals surface area contributed by atoms with Crippen LogP contribution in [0.3, 0.4) is 0 Å². The molecule has 0 amide bonds. The van der Waals surface area contributed by atoms with Gasteiger partial charge >= 0.3 is 19.8 Å². The van der Waals surface area contributed by atoms with E-state index in [4.69, 9.17) is 24.3 Å². The summed E-state index contributed by atoms with van der Waals surface area (Å²) in [5, 5.41) is 0. The lowest BCUT2D eigenvalue weighted by Crippen LogP contribution is -2.29. The number of hydrogen-bond donors (Lipinski definition) is 2. The van der Waals surface area contributed by atoms with E-state index in [-0.39, 0.29) is 32.6 Å². The summed E-state index contributed by atoms with van der Waals surface area (Å²) in [6.07, 6.45) is 84.4. The zero-order chi connectivity index (χ0) is 53.8. The van der Waals surface area contributed by atoms with Gasteiger partial charge in [0, 0.05) is 19.4 Å². The summed E-state index contributed by atoms with van der Waals surface area (Å²) >= 11 is 0. The van der Waals surface area contributed by atoms with Gasteiger partial charge in [0.25, 0.3) is 0 Å². The van der Waals surface area contributed by atoms with Gasteiger partial charge < -0.3 is 20.1 Å². The lowest BCUT2D eigenvalue weighted by Gasteiger charge is -2.19. The van der Waals surface area contributed by atoms with Crippen LogP contribution in [0.5, 0.6) is 0 Å². The van der Waals surface area contributed by atoms with Crippen molar-refractivity contribution in [3.8, 4) is 0 Å². The summed E-state index contributed by atoms with van der Waals surface area (Å²) in [5.74, 6) is -0.881. The van der Waals surface area contributed by atoms with Crippen LogP contribution in [0.2, 0.25) is 0 Å². The van der Waals surface area contributed by atoms with Crippen LogP contribution < -0.4 is 5.73 Å². The van der Waals surface area contributed by atoms with Gasteiger partial charge in [-0.05, 0) is 122 Å². The topological polar surface area (TPSA) is 134 Å². The second-order valence-corrected chi connectivity index (χ2v) is 19.5. The Morgan fingerprint density at radius 3 is 1.11 bits per heavy atom. The Kier molecular flexibility index (Phi) is 54.5. The van der Waals surface area contributed by atoms with Crippen LogP contribution in [0, 0.1) is 0 Å². The van der Waals surface area contributed by atoms with Gasteiger partial charge in [-0.15, -0.1) is 0 Å². The average Bonchev–Trinajstić information content (AvgIpc) is 3.39. The molecule has 0 spiro atoms. The number of unbranched alkanes of at least 4 members (excludes halogenated alkanes) is 12. The Balaban J connectivity index is 4.07. The van der Waals surface area contributed by atoms with Crippen LogP contribution >= 0.6 is 7.82 Å². The normalized spacial score (nSPS) is 14.3. The second kappa shape index (κ2) is 57.9. The Morgan fingerprint density at radius 2 is 0.743 bits per heavy atom. The van der Waals surface area contributed by atoms with Crippen molar-refractivity contribution in [3.63, 3.8) is 0 Å². The molecular formula is C64H102NO8P. The highest BCUT2D eigenvalue weighted by atomic mass is 31.2.